The average Bonchev–Trinajstić information content (AvgIpc) is 3.17. The Bertz CT molecular complexity index is 680. The number of nitrogens with zero attached hydrogens (tertiary/aromatic N) is 1. The fraction of sp³-hybridized carbons (Fsp3) is 0.429. The van der Waals surface area contributed by atoms with Crippen LogP contribution in [0.3, 0.4) is 0 Å². The molecule has 0 saturated heterocycles. The summed E-state index contributed by atoms with van der Waals surface area (Å²) >= 11 is 0. The lowest BCUT2D eigenvalue weighted by Crippen LogP contribution is -2.13. The van der Waals surface area contributed by atoms with Crippen LogP contribution in [0.25, 0.3) is 11.1 Å². The third-order valence-electron chi connectivity index (χ3n) is 3.33. The third kappa shape index (κ3) is 2.28. The van der Waals surface area contributed by atoms with Gasteiger partial charge in [-0.3, -0.25) is 9.36 Å². The number of hydrogen-bond donors (Lipinski definition) is 1. The van der Waals surface area contributed by atoms with E-state index in [1.165, 1.54) is 0 Å². The topological polar surface area (TPSA) is 64.2 Å². The molecule has 1 aromatic carbocycles. The van der Waals surface area contributed by atoms with Crippen LogP contribution in [0.2, 0.25) is 0 Å². The molecule has 5 heteroatoms. The van der Waals surface area contributed by atoms with Crippen LogP contribution in [-0.2, 0) is 11.3 Å². The second-order valence-corrected chi connectivity index (χ2v) is 4.97. The summed E-state index contributed by atoms with van der Waals surface area (Å²) in [5, 5.41) is 2.85. The van der Waals surface area contributed by atoms with E-state index in [0.717, 1.165) is 24.8 Å². The Morgan fingerprint density at radius 3 is 2.95 bits per heavy atom. The molecule has 1 N–H and O–H groups in total. The van der Waals surface area contributed by atoms with Crippen molar-refractivity contribution in [1.29, 1.82) is 0 Å². The Morgan fingerprint density at radius 1 is 1.47 bits per heavy atom. The van der Waals surface area contributed by atoms with Gasteiger partial charge in [-0.25, -0.2) is 4.79 Å². The maximum Gasteiger partial charge on any atom is 0.419 e. The van der Waals surface area contributed by atoms with Gasteiger partial charge in [-0.15, -0.1) is 0 Å². The first-order chi connectivity index (χ1) is 9.19. The zero-order valence-corrected chi connectivity index (χ0v) is 10.8. The molecule has 0 aliphatic heterocycles. The molecule has 1 saturated carbocycles. The van der Waals surface area contributed by atoms with Gasteiger partial charge in [-0.1, -0.05) is 6.92 Å². The van der Waals surface area contributed by atoms with Gasteiger partial charge in [0.25, 0.3) is 0 Å². The van der Waals surface area contributed by atoms with E-state index in [4.69, 9.17) is 4.42 Å². The van der Waals surface area contributed by atoms with Crippen LogP contribution in [0.1, 0.15) is 26.2 Å². The smallest absolute Gasteiger partial charge is 0.408 e. The molecular formula is C14H16N2O3. The number of benzene rings is 1. The number of hydrogen-bond acceptors (Lipinski definition) is 3. The zero-order chi connectivity index (χ0) is 13.4. The number of anilines is 1. The molecule has 1 aliphatic carbocycles. The van der Waals surface area contributed by atoms with Gasteiger partial charge in [0.1, 0.15) is 0 Å². The van der Waals surface area contributed by atoms with E-state index in [1.807, 2.05) is 19.1 Å². The fourth-order valence-corrected chi connectivity index (χ4v) is 2.17. The molecule has 1 amide bonds. The van der Waals surface area contributed by atoms with Gasteiger partial charge in [0, 0.05) is 24.2 Å². The number of fused-ring (bicyclic) bond motifs is 1. The second-order valence-electron chi connectivity index (χ2n) is 4.97. The normalized spacial score (nSPS) is 14.8. The molecule has 0 spiro atoms. The van der Waals surface area contributed by atoms with Crippen LogP contribution in [0.15, 0.2) is 27.4 Å². The van der Waals surface area contributed by atoms with Crippen molar-refractivity contribution in [3.63, 3.8) is 0 Å². The van der Waals surface area contributed by atoms with E-state index >= 15 is 0 Å². The molecule has 5 nitrogen and oxygen atoms in total. The van der Waals surface area contributed by atoms with Crippen molar-refractivity contribution < 1.29 is 9.21 Å². The Labute approximate surface area is 110 Å². The average molecular weight is 260 g/mol. The van der Waals surface area contributed by atoms with Gasteiger partial charge in [0.2, 0.25) is 5.91 Å². The highest BCUT2D eigenvalue weighted by atomic mass is 16.4. The Hall–Kier alpha value is -2.04. The van der Waals surface area contributed by atoms with Gasteiger partial charge in [0.05, 0.1) is 5.52 Å². The summed E-state index contributed by atoms with van der Waals surface area (Å²) in [6.45, 7) is 2.65. The lowest BCUT2D eigenvalue weighted by Gasteiger charge is -2.04. The molecular weight excluding hydrogens is 244 g/mol. The predicted octanol–water partition coefficient (Wildman–Crippen LogP) is 2.35. The van der Waals surface area contributed by atoms with Crippen LogP contribution in [-0.4, -0.2) is 10.5 Å². The summed E-state index contributed by atoms with van der Waals surface area (Å²) in [5.41, 5.74) is 1.98. The van der Waals surface area contributed by atoms with Gasteiger partial charge < -0.3 is 9.73 Å². The third-order valence-corrected chi connectivity index (χ3v) is 3.33. The molecule has 0 unspecified atom stereocenters. The largest absolute Gasteiger partial charge is 0.419 e. The van der Waals surface area contributed by atoms with Gasteiger partial charge in [-0.2, -0.15) is 0 Å². The predicted molar refractivity (Wildman–Crippen MR) is 72.1 cm³/mol. The Balaban J connectivity index is 1.92. The maximum absolute atomic E-state index is 11.7. The number of rotatable bonds is 4. The van der Waals surface area contributed by atoms with Crippen LogP contribution in [0.5, 0.6) is 0 Å². The van der Waals surface area contributed by atoms with Gasteiger partial charge in [0.15, 0.2) is 5.58 Å². The molecule has 1 fully saturated rings. The lowest BCUT2D eigenvalue weighted by atomic mass is 10.2. The molecule has 100 valence electrons. The van der Waals surface area contributed by atoms with Crippen molar-refractivity contribution in [2.24, 2.45) is 5.92 Å². The summed E-state index contributed by atoms with van der Waals surface area (Å²) < 4.78 is 6.82. The van der Waals surface area contributed by atoms with Crippen LogP contribution in [0.4, 0.5) is 5.69 Å². The van der Waals surface area contributed by atoms with Crippen LogP contribution < -0.4 is 11.1 Å². The molecule has 2 aromatic rings. The van der Waals surface area contributed by atoms with Gasteiger partial charge in [-0.05, 0) is 31.4 Å². The van der Waals surface area contributed by atoms with E-state index in [1.54, 1.807) is 10.6 Å². The minimum absolute atomic E-state index is 0.0506. The number of carbonyl (C=O) groups excluding carboxylic acids is 1. The number of carbonyl (C=O) groups is 1. The van der Waals surface area contributed by atoms with Crippen molar-refractivity contribution in [3.8, 4) is 0 Å². The molecule has 19 heavy (non-hydrogen) atoms. The maximum atomic E-state index is 11.7. The molecule has 1 aliphatic rings. The fourth-order valence-electron chi connectivity index (χ4n) is 2.17. The van der Waals surface area contributed by atoms with Crippen molar-refractivity contribution in [3.05, 3.63) is 28.7 Å². The highest BCUT2D eigenvalue weighted by molar-refractivity contribution is 5.95. The SMILES string of the molecule is CCCn1c(=O)oc2cc(NC(=O)C3CC3)ccc21. The van der Waals surface area contributed by atoms with E-state index < -0.39 is 0 Å². The first kappa shape index (κ1) is 12.0. The molecule has 1 aromatic heterocycles. The summed E-state index contributed by atoms with van der Waals surface area (Å²) in [6.07, 6.45) is 2.81. The van der Waals surface area contributed by atoms with Crippen LogP contribution >= 0.6 is 0 Å². The minimum atomic E-state index is -0.345. The summed E-state index contributed by atoms with van der Waals surface area (Å²) in [6, 6.07) is 5.34. The number of aryl methyl sites for hydroxylation is 1. The number of nitrogens with one attached hydrogen (secondary N) is 1. The highest BCUT2D eigenvalue weighted by Gasteiger charge is 2.29. The second kappa shape index (κ2) is 4.57. The van der Waals surface area contributed by atoms with Crippen LogP contribution in [0, 0.1) is 5.92 Å². The van der Waals surface area contributed by atoms with Crippen molar-refractivity contribution in [2.45, 2.75) is 32.7 Å². The summed E-state index contributed by atoms with van der Waals surface area (Å²) in [7, 11) is 0. The summed E-state index contributed by atoms with van der Waals surface area (Å²) in [5.74, 6) is -0.135. The van der Waals surface area contributed by atoms with E-state index in [9.17, 15) is 9.59 Å². The van der Waals surface area contributed by atoms with E-state index in [-0.39, 0.29) is 17.6 Å². The molecule has 0 radical (unpaired) electrons. The number of aromatic nitrogens is 1. The molecule has 0 bridgehead atoms. The number of oxazole rings is 1. The monoisotopic (exact) mass is 260 g/mol. The summed E-state index contributed by atoms with van der Waals surface area (Å²) in [4.78, 5) is 23.4. The molecule has 3 rings (SSSR count). The molecule has 1 heterocycles. The minimum Gasteiger partial charge on any atom is -0.408 e. The van der Waals surface area contributed by atoms with E-state index in [2.05, 4.69) is 5.32 Å². The van der Waals surface area contributed by atoms with Crippen molar-refractivity contribution in [1.82, 2.24) is 4.57 Å². The standard InChI is InChI=1S/C14H16N2O3/c1-2-7-16-11-6-5-10(8-12(11)19-14(16)18)15-13(17)9-3-4-9/h5-6,8-9H,2-4,7H2,1H3,(H,15,17). The lowest BCUT2D eigenvalue weighted by molar-refractivity contribution is -0.117. The quantitative estimate of drug-likeness (QED) is 0.917. The Kier molecular flexibility index (Phi) is 2.89. The Morgan fingerprint density at radius 2 is 2.26 bits per heavy atom. The van der Waals surface area contributed by atoms with E-state index in [0.29, 0.717) is 17.8 Å². The zero-order valence-electron chi connectivity index (χ0n) is 10.8. The molecule has 0 atom stereocenters. The first-order valence-electron chi connectivity index (χ1n) is 6.63. The van der Waals surface area contributed by atoms with Gasteiger partial charge >= 0.3 is 5.76 Å². The first-order valence-corrected chi connectivity index (χ1v) is 6.63. The number of amides is 1. The van der Waals surface area contributed by atoms with Crippen molar-refractivity contribution >= 4 is 22.7 Å². The highest BCUT2D eigenvalue weighted by Crippen LogP contribution is 2.30. The van der Waals surface area contributed by atoms with Crippen molar-refractivity contribution in [2.75, 3.05) is 5.32 Å².